The molecule has 2 aromatic rings. The molecule has 0 radical (unpaired) electrons. The second-order valence-corrected chi connectivity index (χ2v) is 7.55. The maximum absolute atomic E-state index is 13.0. The number of hydrogen-bond donors (Lipinski definition) is 0. The van der Waals surface area contributed by atoms with Gasteiger partial charge in [-0.15, -0.1) is 0 Å². The van der Waals surface area contributed by atoms with Crippen LogP contribution < -0.4 is 0 Å². The Kier molecular flexibility index (Phi) is 3.89. The van der Waals surface area contributed by atoms with Crippen LogP contribution in [0.25, 0.3) is 0 Å². The number of amides is 1. The maximum atomic E-state index is 13.0. The number of carbonyl (C=O) groups is 1. The molecule has 0 N–H and O–H groups in total. The van der Waals surface area contributed by atoms with Crippen molar-refractivity contribution >= 4 is 33.4 Å². The first kappa shape index (κ1) is 15.1. The zero-order valence-electron chi connectivity index (χ0n) is 12.4. The Balaban J connectivity index is 1.59. The van der Waals surface area contributed by atoms with Crippen LogP contribution in [0, 0.1) is 0 Å². The van der Waals surface area contributed by atoms with Gasteiger partial charge in [0.25, 0.3) is 5.91 Å². The number of carbonyl (C=O) groups excluding carboxylic acids is 1. The minimum atomic E-state index is 0.0424. The van der Waals surface area contributed by atoms with Crippen molar-refractivity contribution in [2.45, 2.75) is 43.8 Å². The van der Waals surface area contributed by atoms with Gasteiger partial charge in [0.05, 0.1) is 16.6 Å². The Labute approximate surface area is 147 Å². The summed E-state index contributed by atoms with van der Waals surface area (Å²) in [7, 11) is 0. The van der Waals surface area contributed by atoms with E-state index in [0.29, 0.717) is 16.6 Å². The van der Waals surface area contributed by atoms with Gasteiger partial charge in [-0.2, -0.15) is 5.10 Å². The Morgan fingerprint density at radius 2 is 1.96 bits per heavy atom. The molecule has 1 aromatic heterocycles. The fourth-order valence-electron chi connectivity index (χ4n) is 3.90. The normalized spacial score (nSPS) is 26.5. The van der Waals surface area contributed by atoms with E-state index in [0.717, 1.165) is 30.2 Å². The lowest BCUT2D eigenvalue weighted by molar-refractivity contribution is 0.0524. The largest absolute Gasteiger partial charge is 0.332 e. The van der Waals surface area contributed by atoms with Gasteiger partial charge in [0.15, 0.2) is 0 Å². The molecule has 2 unspecified atom stereocenters. The molecule has 2 aliphatic rings. The number of aromatic nitrogens is 3. The molecule has 120 valence electrons. The highest BCUT2D eigenvalue weighted by atomic mass is 79.9. The van der Waals surface area contributed by atoms with Crippen LogP contribution in [0.5, 0.6) is 0 Å². The molecule has 3 heterocycles. The number of nitrogens with zero attached hydrogens (tertiary/aromatic N) is 4. The first-order valence-corrected chi connectivity index (χ1v) is 8.92. The van der Waals surface area contributed by atoms with Crippen molar-refractivity contribution in [1.29, 1.82) is 0 Å². The summed E-state index contributed by atoms with van der Waals surface area (Å²) in [6, 6.07) is 6.27. The molecule has 7 heteroatoms. The van der Waals surface area contributed by atoms with Crippen molar-refractivity contribution < 1.29 is 4.79 Å². The third-order valence-electron chi connectivity index (χ3n) is 4.91. The summed E-state index contributed by atoms with van der Waals surface area (Å²) < 4.78 is 2.80. The number of halogens is 2. The van der Waals surface area contributed by atoms with Crippen molar-refractivity contribution in [2.24, 2.45) is 0 Å². The number of benzene rings is 1. The second kappa shape index (κ2) is 5.91. The third-order valence-corrected chi connectivity index (χ3v) is 5.74. The van der Waals surface area contributed by atoms with Gasteiger partial charge in [-0.25, -0.2) is 9.67 Å². The molecule has 1 amide bonds. The molecule has 23 heavy (non-hydrogen) atoms. The molecule has 2 aliphatic heterocycles. The molecular weight excluding hydrogens is 380 g/mol. The van der Waals surface area contributed by atoms with Gasteiger partial charge >= 0.3 is 0 Å². The predicted molar refractivity (Wildman–Crippen MR) is 90.4 cm³/mol. The summed E-state index contributed by atoms with van der Waals surface area (Å²) in [5, 5.41) is 4.78. The zero-order chi connectivity index (χ0) is 16.0. The summed E-state index contributed by atoms with van der Waals surface area (Å²) in [5.74, 6) is 0.0424. The molecule has 0 aliphatic carbocycles. The Morgan fingerprint density at radius 1 is 1.22 bits per heavy atom. The van der Waals surface area contributed by atoms with Crippen molar-refractivity contribution in [2.75, 3.05) is 0 Å². The quantitative estimate of drug-likeness (QED) is 0.779. The average Bonchev–Trinajstić information content (AvgIpc) is 3.16. The van der Waals surface area contributed by atoms with Crippen LogP contribution in [0.2, 0.25) is 5.02 Å². The van der Waals surface area contributed by atoms with Gasteiger partial charge < -0.3 is 4.90 Å². The Morgan fingerprint density at radius 3 is 2.61 bits per heavy atom. The molecule has 2 saturated heterocycles. The summed E-state index contributed by atoms with van der Waals surface area (Å²) in [6.07, 6.45) is 7.29. The van der Waals surface area contributed by atoms with E-state index in [-0.39, 0.29) is 18.0 Å². The van der Waals surface area contributed by atoms with Crippen LogP contribution >= 0.6 is 27.5 Å². The minimum absolute atomic E-state index is 0.0424. The maximum Gasteiger partial charge on any atom is 0.255 e. The van der Waals surface area contributed by atoms with Gasteiger partial charge in [-0.3, -0.25) is 4.79 Å². The lowest BCUT2D eigenvalue weighted by Crippen LogP contribution is -2.47. The molecule has 0 spiro atoms. The van der Waals surface area contributed by atoms with E-state index in [9.17, 15) is 4.79 Å². The van der Waals surface area contributed by atoms with Crippen LogP contribution in [0.1, 0.15) is 42.1 Å². The number of fused-ring (bicyclic) bond motifs is 2. The van der Waals surface area contributed by atoms with Gasteiger partial charge in [0.2, 0.25) is 0 Å². The van der Waals surface area contributed by atoms with Crippen LogP contribution in [0.3, 0.4) is 0 Å². The SMILES string of the molecule is O=C(c1cc(Br)ccc1Cl)N1C2CCC1CC(n1cncn1)C2. The van der Waals surface area contributed by atoms with Gasteiger partial charge in [-0.05, 0) is 43.9 Å². The first-order valence-electron chi connectivity index (χ1n) is 7.75. The summed E-state index contributed by atoms with van der Waals surface area (Å²) >= 11 is 9.67. The Bertz CT molecular complexity index is 722. The molecule has 2 fully saturated rings. The van der Waals surface area contributed by atoms with E-state index in [1.807, 2.05) is 21.7 Å². The van der Waals surface area contributed by atoms with E-state index >= 15 is 0 Å². The van der Waals surface area contributed by atoms with Crippen molar-refractivity contribution in [3.05, 3.63) is 45.9 Å². The van der Waals surface area contributed by atoms with Crippen LogP contribution in [-0.4, -0.2) is 37.7 Å². The number of piperidine rings is 1. The highest BCUT2D eigenvalue weighted by molar-refractivity contribution is 9.10. The smallest absolute Gasteiger partial charge is 0.255 e. The van der Waals surface area contributed by atoms with Gasteiger partial charge in [0.1, 0.15) is 12.7 Å². The predicted octanol–water partition coefficient (Wildman–Crippen LogP) is 3.70. The van der Waals surface area contributed by atoms with Crippen LogP contribution in [0.4, 0.5) is 0 Å². The highest BCUT2D eigenvalue weighted by Gasteiger charge is 2.44. The average molecular weight is 396 g/mol. The lowest BCUT2D eigenvalue weighted by atomic mass is 9.96. The van der Waals surface area contributed by atoms with Crippen LogP contribution in [-0.2, 0) is 0 Å². The second-order valence-electron chi connectivity index (χ2n) is 6.22. The molecular formula is C16H16BrClN4O. The Hall–Kier alpha value is -1.40. The summed E-state index contributed by atoms with van der Waals surface area (Å²) in [4.78, 5) is 19.1. The van der Waals surface area contributed by atoms with Crippen LogP contribution in [0.15, 0.2) is 35.3 Å². The summed E-state index contributed by atoms with van der Waals surface area (Å²) in [5.41, 5.74) is 0.581. The zero-order valence-corrected chi connectivity index (χ0v) is 14.7. The first-order chi connectivity index (χ1) is 11.1. The fraction of sp³-hybridized carbons (Fsp3) is 0.438. The van der Waals surface area contributed by atoms with Crippen molar-refractivity contribution in [3.63, 3.8) is 0 Å². The standard InChI is InChI=1S/C16H16BrClN4O/c17-10-1-4-15(18)14(5-10)16(23)22-11-2-3-12(22)7-13(6-11)21-9-19-8-20-21/h1,4-5,8-9,11-13H,2-3,6-7H2. The number of rotatable bonds is 2. The lowest BCUT2D eigenvalue weighted by Gasteiger charge is -2.39. The molecule has 4 rings (SSSR count). The van der Waals surface area contributed by atoms with E-state index in [1.165, 1.54) is 0 Å². The molecule has 1 aromatic carbocycles. The topological polar surface area (TPSA) is 51.0 Å². The van der Waals surface area contributed by atoms with Crippen molar-refractivity contribution in [3.8, 4) is 0 Å². The van der Waals surface area contributed by atoms with Crippen molar-refractivity contribution in [1.82, 2.24) is 19.7 Å². The minimum Gasteiger partial charge on any atom is -0.332 e. The van der Waals surface area contributed by atoms with Gasteiger partial charge in [-0.1, -0.05) is 27.5 Å². The molecule has 0 saturated carbocycles. The van der Waals surface area contributed by atoms with E-state index in [1.54, 1.807) is 18.7 Å². The summed E-state index contributed by atoms with van der Waals surface area (Å²) in [6.45, 7) is 0. The number of hydrogen-bond acceptors (Lipinski definition) is 3. The van der Waals surface area contributed by atoms with E-state index < -0.39 is 0 Å². The molecule has 2 atom stereocenters. The molecule has 5 nitrogen and oxygen atoms in total. The van der Waals surface area contributed by atoms with Gasteiger partial charge in [0, 0.05) is 16.6 Å². The van der Waals surface area contributed by atoms with E-state index in [2.05, 4.69) is 26.0 Å². The molecule has 2 bridgehead atoms. The fourth-order valence-corrected chi connectivity index (χ4v) is 4.46. The van der Waals surface area contributed by atoms with E-state index in [4.69, 9.17) is 11.6 Å². The highest BCUT2D eigenvalue weighted by Crippen LogP contribution is 2.41. The third kappa shape index (κ3) is 2.68. The monoisotopic (exact) mass is 394 g/mol.